The van der Waals surface area contributed by atoms with Gasteiger partial charge in [0.25, 0.3) is 0 Å². The van der Waals surface area contributed by atoms with Crippen LogP contribution >= 0.6 is 0 Å². The standard InChI is InChI=1S/C13H26N2O/c1-4-13(5-2,6-3)15-12(16)11-8-7-9-14-10-11/h11,14H,4-10H2,1-3H3,(H,15,16). The SMILES string of the molecule is CCC(CC)(CC)NC(=O)C1CCCNC1. The van der Waals surface area contributed by atoms with Crippen molar-refractivity contribution >= 4 is 5.91 Å². The van der Waals surface area contributed by atoms with Crippen LogP contribution in [0.2, 0.25) is 0 Å². The van der Waals surface area contributed by atoms with Crippen LogP contribution in [0.5, 0.6) is 0 Å². The van der Waals surface area contributed by atoms with Crippen molar-refractivity contribution in [1.29, 1.82) is 0 Å². The fourth-order valence-corrected chi connectivity index (χ4v) is 2.45. The topological polar surface area (TPSA) is 41.1 Å². The first-order valence-corrected chi connectivity index (χ1v) is 6.70. The second-order valence-electron chi connectivity index (χ2n) is 4.87. The van der Waals surface area contributed by atoms with Crippen LogP contribution in [0.25, 0.3) is 0 Å². The summed E-state index contributed by atoms with van der Waals surface area (Å²) < 4.78 is 0. The predicted octanol–water partition coefficient (Wildman–Crippen LogP) is 2.07. The van der Waals surface area contributed by atoms with E-state index in [0.29, 0.717) is 0 Å². The largest absolute Gasteiger partial charge is 0.350 e. The van der Waals surface area contributed by atoms with Gasteiger partial charge in [-0.1, -0.05) is 20.8 Å². The molecule has 1 unspecified atom stereocenters. The van der Waals surface area contributed by atoms with Gasteiger partial charge in [0.1, 0.15) is 0 Å². The summed E-state index contributed by atoms with van der Waals surface area (Å²) in [5, 5.41) is 6.57. The number of piperidine rings is 1. The minimum Gasteiger partial charge on any atom is -0.350 e. The maximum atomic E-state index is 12.1. The van der Waals surface area contributed by atoms with Gasteiger partial charge in [0.2, 0.25) is 5.91 Å². The Balaban J connectivity index is 2.53. The van der Waals surface area contributed by atoms with E-state index < -0.39 is 0 Å². The van der Waals surface area contributed by atoms with Crippen molar-refractivity contribution < 1.29 is 4.79 Å². The lowest BCUT2D eigenvalue weighted by Crippen LogP contribution is -2.51. The molecule has 0 aliphatic carbocycles. The van der Waals surface area contributed by atoms with E-state index in [9.17, 15) is 4.79 Å². The average molecular weight is 226 g/mol. The number of carbonyl (C=O) groups excluding carboxylic acids is 1. The molecule has 0 aromatic carbocycles. The van der Waals surface area contributed by atoms with Crippen LogP contribution in [0.3, 0.4) is 0 Å². The Hall–Kier alpha value is -0.570. The smallest absolute Gasteiger partial charge is 0.224 e. The highest BCUT2D eigenvalue weighted by atomic mass is 16.2. The molecule has 0 saturated carbocycles. The molecule has 1 saturated heterocycles. The molecule has 2 N–H and O–H groups in total. The van der Waals surface area contributed by atoms with Crippen molar-refractivity contribution in [1.82, 2.24) is 10.6 Å². The summed E-state index contributed by atoms with van der Waals surface area (Å²) in [7, 11) is 0. The fraction of sp³-hybridized carbons (Fsp3) is 0.923. The monoisotopic (exact) mass is 226 g/mol. The number of hydrogen-bond acceptors (Lipinski definition) is 2. The zero-order valence-corrected chi connectivity index (χ0v) is 10.9. The first-order valence-electron chi connectivity index (χ1n) is 6.70. The van der Waals surface area contributed by atoms with Crippen molar-refractivity contribution in [2.45, 2.75) is 58.4 Å². The first kappa shape index (κ1) is 13.5. The molecule has 1 rings (SSSR count). The molecule has 0 radical (unpaired) electrons. The highest BCUT2D eigenvalue weighted by Crippen LogP contribution is 2.21. The van der Waals surface area contributed by atoms with Gasteiger partial charge in [-0.05, 0) is 38.6 Å². The van der Waals surface area contributed by atoms with Gasteiger partial charge in [-0.2, -0.15) is 0 Å². The van der Waals surface area contributed by atoms with Gasteiger partial charge in [-0.3, -0.25) is 4.79 Å². The van der Waals surface area contributed by atoms with Gasteiger partial charge in [0.05, 0.1) is 5.92 Å². The van der Waals surface area contributed by atoms with Gasteiger partial charge in [0.15, 0.2) is 0 Å². The lowest BCUT2D eigenvalue weighted by molar-refractivity contribution is -0.127. The Labute approximate surface area is 99.4 Å². The van der Waals surface area contributed by atoms with Gasteiger partial charge in [-0.15, -0.1) is 0 Å². The van der Waals surface area contributed by atoms with Gasteiger partial charge in [0, 0.05) is 12.1 Å². The number of amides is 1. The Morgan fingerprint density at radius 3 is 2.38 bits per heavy atom. The van der Waals surface area contributed by atoms with Crippen LogP contribution in [0.4, 0.5) is 0 Å². The molecular weight excluding hydrogens is 200 g/mol. The van der Waals surface area contributed by atoms with Gasteiger partial charge >= 0.3 is 0 Å². The van der Waals surface area contributed by atoms with E-state index in [1.54, 1.807) is 0 Å². The number of carbonyl (C=O) groups is 1. The van der Waals surface area contributed by atoms with Crippen LogP contribution in [0, 0.1) is 5.92 Å². The molecule has 0 aromatic heterocycles. The highest BCUT2D eigenvalue weighted by molar-refractivity contribution is 5.79. The van der Waals surface area contributed by atoms with E-state index >= 15 is 0 Å². The fourth-order valence-electron chi connectivity index (χ4n) is 2.45. The maximum absolute atomic E-state index is 12.1. The molecular formula is C13H26N2O. The maximum Gasteiger partial charge on any atom is 0.224 e. The van der Waals surface area contributed by atoms with E-state index in [1.807, 2.05) is 0 Å². The molecule has 1 aliphatic heterocycles. The molecule has 3 heteroatoms. The molecule has 3 nitrogen and oxygen atoms in total. The molecule has 0 aromatic rings. The van der Waals surface area contributed by atoms with Crippen LogP contribution in [-0.4, -0.2) is 24.5 Å². The number of nitrogens with one attached hydrogen (secondary N) is 2. The molecule has 1 aliphatic rings. The van der Waals surface area contributed by atoms with Crippen molar-refractivity contribution in [2.24, 2.45) is 5.92 Å². The number of rotatable bonds is 5. The Kier molecular flexibility index (Phi) is 5.26. The van der Waals surface area contributed by atoms with Crippen LogP contribution < -0.4 is 10.6 Å². The highest BCUT2D eigenvalue weighted by Gasteiger charge is 2.29. The molecule has 0 spiro atoms. The summed E-state index contributed by atoms with van der Waals surface area (Å²) in [4.78, 5) is 12.1. The first-order chi connectivity index (χ1) is 7.67. The summed E-state index contributed by atoms with van der Waals surface area (Å²) in [6.45, 7) is 8.38. The summed E-state index contributed by atoms with van der Waals surface area (Å²) in [6, 6.07) is 0. The molecule has 1 atom stereocenters. The Bertz CT molecular complexity index is 210. The molecule has 1 fully saturated rings. The average Bonchev–Trinajstić information content (AvgIpc) is 2.37. The lowest BCUT2D eigenvalue weighted by atomic mass is 9.88. The van der Waals surface area contributed by atoms with Crippen molar-refractivity contribution in [3.63, 3.8) is 0 Å². The third kappa shape index (κ3) is 3.21. The van der Waals surface area contributed by atoms with Crippen molar-refractivity contribution in [2.75, 3.05) is 13.1 Å². The van der Waals surface area contributed by atoms with Crippen LogP contribution in [0.15, 0.2) is 0 Å². The van der Waals surface area contributed by atoms with E-state index in [-0.39, 0.29) is 17.4 Å². The zero-order valence-electron chi connectivity index (χ0n) is 10.9. The normalized spacial score (nSPS) is 21.8. The minimum absolute atomic E-state index is 0.0224. The third-order valence-electron chi connectivity index (χ3n) is 4.09. The predicted molar refractivity (Wildman–Crippen MR) is 67.3 cm³/mol. The van der Waals surface area contributed by atoms with Gasteiger partial charge < -0.3 is 10.6 Å². The van der Waals surface area contributed by atoms with E-state index in [2.05, 4.69) is 31.4 Å². The number of hydrogen-bond donors (Lipinski definition) is 2. The zero-order chi connectivity index (χ0) is 12.0. The second-order valence-corrected chi connectivity index (χ2v) is 4.87. The Morgan fingerprint density at radius 2 is 1.94 bits per heavy atom. The lowest BCUT2D eigenvalue weighted by Gasteiger charge is -2.34. The summed E-state index contributed by atoms with van der Waals surface area (Å²) in [5.74, 6) is 0.426. The van der Waals surface area contributed by atoms with E-state index in [1.165, 1.54) is 0 Å². The van der Waals surface area contributed by atoms with Crippen molar-refractivity contribution in [3.8, 4) is 0 Å². The Morgan fingerprint density at radius 1 is 1.31 bits per heavy atom. The second kappa shape index (κ2) is 6.24. The van der Waals surface area contributed by atoms with Crippen LogP contribution in [0.1, 0.15) is 52.9 Å². The van der Waals surface area contributed by atoms with E-state index in [4.69, 9.17) is 0 Å². The molecule has 1 amide bonds. The minimum atomic E-state index is 0.0224. The van der Waals surface area contributed by atoms with Crippen molar-refractivity contribution in [3.05, 3.63) is 0 Å². The molecule has 94 valence electrons. The summed E-state index contributed by atoms with van der Waals surface area (Å²) in [5.41, 5.74) is 0.0224. The quantitative estimate of drug-likeness (QED) is 0.753. The molecule has 1 heterocycles. The van der Waals surface area contributed by atoms with Crippen LogP contribution in [-0.2, 0) is 4.79 Å². The summed E-state index contributed by atoms with van der Waals surface area (Å²) in [6.07, 6.45) is 5.21. The molecule has 0 bridgehead atoms. The summed E-state index contributed by atoms with van der Waals surface area (Å²) >= 11 is 0. The van der Waals surface area contributed by atoms with Gasteiger partial charge in [-0.25, -0.2) is 0 Å². The van der Waals surface area contributed by atoms with E-state index in [0.717, 1.165) is 45.2 Å². The molecule has 16 heavy (non-hydrogen) atoms. The third-order valence-corrected chi connectivity index (χ3v) is 4.09.